The van der Waals surface area contributed by atoms with Gasteiger partial charge < -0.3 is 44.8 Å². The zero-order chi connectivity index (χ0) is 68.6. The van der Waals surface area contributed by atoms with Gasteiger partial charge in [-0.1, -0.05) is 107 Å². The van der Waals surface area contributed by atoms with Gasteiger partial charge in [0.05, 0.1) is 40.6 Å². The van der Waals surface area contributed by atoms with Gasteiger partial charge in [-0.05, 0) is 135 Å². The number of benzene rings is 6. The second kappa shape index (κ2) is 46.0. The van der Waals surface area contributed by atoms with Gasteiger partial charge >= 0.3 is 94.9 Å². The molecular formula is C70H73Br2ClNa2O20. The van der Waals surface area contributed by atoms with Crippen LogP contribution in [0.4, 0.5) is 0 Å². The zero-order valence-corrected chi connectivity index (χ0v) is 63.0. The van der Waals surface area contributed by atoms with Crippen LogP contribution in [0.25, 0.3) is 11.5 Å². The quantitative estimate of drug-likeness (QED) is 0.0170. The third kappa shape index (κ3) is 28.2. The number of rotatable bonds is 21. The monoisotopic (exact) mass is 1470 g/mol. The van der Waals surface area contributed by atoms with E-state index in [0.29, 0.717) is 47.0 Å². The average molecular weight is 1480 g/mol. The van der Waals surface area contributed by atoms with Crippen molar-refractivity contribution in [1.82, 2.24) is 0 Å². The maximum atomic E-state index is 13.3. The maximum Gasteiger partial charge on any atom is 1.00 e. The second-order valence-corrected chi connectivity index (χ2v) is 20.0. The van der Waals surface area contributed by atoms with E-state index in [1.165, 1.54) is 26.2 Å². The fourth-order valence-electron chi connectivity index (χ4n) is 8.23. The number of aryl methyl sites for hydroxylation is 4. The molecule has 25 heteroatoms. The smallest absolute Gasteiger partial charge is 1.00 e. The topological polar surface area (TPSA) is 292 Å². The number of carbonyl (C=O) groups excluding carboxylic acids is 11. The number of hydrogen-bond acceptors (Lipinski definition) is 20. The van der Waals surface area contributed by atoms with Crippen molar-refractivity contribution in [2.24, 2.45) is 11.8 Å². The number of carbonyl (C=O) groups is 11. The van der Waals surface area contributed by atoms with Gasteiger partial charge in [0.15, 0.2) is 28.9 Å². The van der Waals surface area contributed by atoms with Crippen LogP contribution in [0.1, 0.15) is 124 Å². The molecule has 0 bridgehead atoms. The van der Waals surface area contributed by atoms with Crippen LogP contribution in [-0.4, -0.2) is 110 Å². The molecule has 0 radical (unpaired) electrons. The minimum atomic E-state index is -1.68. The Morgan fingerprint density at radius 1 is 0.442 bits per heavy atom. The summed E-state index contributed by atoms with van der Waals surface area (Å²) in [6, 6.07) is 41.2. The normalized spacial score (nSPS) is 11.7. The van der Waals surface area contributed by atoms with Crippen molar-refractivity contribution >= 4 is 116 Å². The van der Waals surface area contributed by atoms with Crippen molar-refractivity contribution in [3.05, 3.63) is 212 Å². The molecule has 496 valence electrons. The van der Waals surface area contributed by atoms with Crippen LogP contribution in [0, 0.1) is 39.5 Å². The predicted octanol–water partition coefficient (Wildman–Crippen LogP) is 7.34. The van der Waals surface area contributed by atoms with Crippen molar-refractivity contribution in [1.29, 1.82) is 0 Å². The van der Waals surface area contributed by atoms with Crippen LogP contribution in [-0.2, 0) is 62.0 Å². The van der Waals surface area contributed by atoms with Gasteiger partial charge in [-0.3, -0.25) is 43.2 Å². The van der Waals surface area contributed by atoms with Gasteiger partial charge in [0.2, 0.25) is 0 Å². The number of cyclic esters (lactones) is 2. The maximum absolute atomic E-state index is 13.3. The second-order valence-electron chi connectivity index (χ2n) is 19.7. The van der Waals surface area contributed by atoms with E-state index in [2.05, 4.69) is 33.0 Å². The van der Waals surface area contributed by atoms with Crippen LogP contribution < -0.4 is 68.6 Å². The molecular weight excluding hydrogens is 1400 g/mol. The standard InChI is InChI=1S/C24H26O7.C20H14O5.C12H14O3.C8H7ClO.C6H10O3.Br2.2Na.H2O.H/c1-5-30-23(27)19(21(25)16-9-7-15(3)8-10-16)20(24(28)31-6-2)22(26)17-11-13-18(29-4)14-12-17;1-11-3-5-12(6-4-11)17-15-16(20(22)24-17)18(25-19(15)21)13-7-9-14(23-2)10-8-13;1-3-15-12(14)8-11(13)10-6-4-9(2)5-7-10;1-6-2-4-7(5-3-6)8(9)10;1-3-9-6(8)4-5(2)7;1-2;;;;/h7-14,19-20H,5-6H2,1-4H3;3-10H,1-2H3;4-7H,3,8H2,1-2H3;2-5H,1H3;3-4H2,1-2H3;;;;1H2;/q;;;;;;2*+1;;-1/p-1. The average Bonchev–Trinajstić information content (AvgIpc) is 1.57. The van der Waals surface area contributed by atoms with Gasteiger partial charge in [0.1, 0.15) is 53.1 Å². The van der Waals surface area contributed by atoms with Gasteiger partial charge in [0, 0.05) is 61.6 Å². The molecule has 2 heterocycles. The Balaban J connectivity index is 0. The van der Waals surface area contributed by atoms with E-state index in [-0.39, 0.29) is 137 Å². The molecule has 6 aromatic rings. The number of esters is 6. The number of methoxy groups -OCH3 is 2. The number of ether oxygens (including phenoxy) is 8. The number of hydrogen-bond donors (Lipinski definition) is 0. The summed E-state index contributed by atoms with van der Waals surface area (Å²) in [7, 11) is 3.05. The molecule has 95 heavy (non-hydrogen) atoms. The van der Waals surface area contributed by atoms with Crippen molar-refractivity contribution in [2.45, 2.75) is 75.2 Å². The Morgan fingerprint density at radius 3 is 1.04 bits per heavy atom. The van der Waals surface area contributed by atoms with E-state index < -0.39 is 64.5 Å². The molecule has 8 rings (SSSR count). The Morgan fingerprint density at radius 2 is 0.726 bits per heavy atom. The van der Waals surface area contributed by atoms with E-state index in [9.17, 15) is 52.7 Å². The summed E-state index contributed by atoms with van der Waals surface area (Å²) in [6.07, 6.45) is -0.287. The van der Waals surface area contributed by atoms with Crippen LogP contribution >= 0.6 is 39.9 Å². The van der Waals surface area contributed by atoms with E-state index >= 15 is 0 Å². The molecule has 0 spiro atoms. The van der Waals surface area contributed by atoms with Crippen LogP contribution in [0.15, 0.2) is 157 Å². The first kappa shape index (κ1) is 87.8. The Labute approximate surface area is 618 Å². The summed E-state index contributed by atoms with van der Waals surface area (Å²) in [5.74, 6) is -7.43. The Hall–Kier alpha value is -7.22. The molecule has 0 aliphatic carbocycles. The summed E-state index contributed by atoms with van der Waals surface area (Å²) < 4.78 is 40.3. The van der Waals surface area contributed by atoms with Crippen LogP contribution in [0.2, 0.25) is 0 Å². The van der Waals surface area contributed by atoms with Crippen LogP contribution in [0.3, 0.4) is 0 Å². The number of ketones is 4. The first-order valence-corrected chi connectivity index (χ1v) is 32.6. The number of halogens is 3. The molecule has 20 nitrogen and oxygen atoms in total. The fourth-order valence-corrected chi connectivity index (χ4v) is 8.36. The zero-order valence-electron chi connectivity index (χ0n) is 56.1. The molecule has 2 aliphatic heterocycles. The van der Waals surface area contributed by atoms with E-state index in [1.54, 1.807) is 120 Å². The Kier molecular flexibility index (Phi) is 42.5. The predicted molar refractivity (Wildman–Crippen MR) is 354 cm³/mol. The summed E-state index contributed by atoms with van der Waals surface area (Å²) >= 11 is 10.7. The SMILES string of the molecule is BrBr.CCOC(=O)C(C(=O)c1ccc(C)cc1)C(C(=O)OCC)C(=O)c1ccc(OC)cc1.CCOC(=O)CC(=O)c1ccc(C)cc1.CCOC(=O)CC(C)=O.COc1ccc(C2=C3C(=O)OC(c4ccc(C)cc4)=C3C(=O)O2)cc1.Cc1ccc(C(=O)Cl)cc1.[H-].[Na+].[Na+].[OH-]. The molecule has 0 saturated carbocycles. The molecule has 0 aromatic heterocycles. The molecule has 0 amide bonds. The molecule has 0 fully saturated rings. The van der Waals surface area contributed by atoms with E-state index in [1.807, 2.05) is 76.2 Å². The molecule has 2 unspecified atom stereocenters. The van der Waals surface area contributed by atoms with E-state index in [0.717, 1.165) is 22.3 Å². The first-order valence-electron chi connectivity index (χ1n) is 28.5. The van der Waals surface area contributed by atoms with Crippen molar-refractivity contribution < 1.29 is 157 Å². The largest absolute Gasteiger partial charge is 1.00 e. The number of fused-ring (bicyclic) bond motifs is 1. The molecule has 2 atom stereocenters. The molecule has 0 saturated heterocycles. The van der Waals surface area contributed by atoms with Crippen LogP contribution in [0.5, 0.6) is 11.5 Å². The Bertz CT molecular complexity index is 3620. The third-order valence-corrected chi connectivity index (χ3v) is 13.0. The van der Waals surface area contributed by atoms with Gasteiger partial charge in [-0.2, -0.15) is 0 Å². The minimum Gasteiger partial charge on any atom is -1.00 e. The summed E-state index contributed by atoms with van der Waals surface area (Å²) in [4.78, 5) is 131. The van der Waals surface area contributed by atoms with Crippen molar-refractivity contribution in [2.75, 3.05) is 40.6 Å². The van der Waals surface area contributed by atoms with Gasteiger partial charge in [-0.25, -0.2) is 9.59 Å². The summed E-state index contributed by atoms with van der Waals surface area (Å²) in [5, 5.41) is -0.403. The number of Topliss-reactive ketones (excluding diaryl/α,β-unsaturated/α-hetero) is 4. The van der Waals surface area contributed by atoms with Crippen molar-refractivity contribution in [3.8, 4) is 11.5 Å². The summed E-state index contributed by atoms with van der Waals surface area (Å²) in [6.45, 7) is 16.3. The van der Waals surface area contributed by atoms with Gasteiger partial charge in [-0.15, -0.1) is 0 Å². The van der Waals surface area contributed by atoms with Gasteiger partial charge in [0.25, 0.3) is 5.24 Å². The fraction of sp³-hybridized carbons (Fsp3) is 0.271. The minimum absolute atomic E-state index is 0. The third-order valence-electron chi connectivity index (χ3n) is 12.8. The molecule has 1 N–H and O–H groups in total. The molecule has 6 aromatic carbocycles. The summed E-state index contributed by atoms with van der Waals surface area (Å²) in [5.41, 5.74) is 7.27. The molecule has 2 aliphatic rings. The van der Waals surface area contributed by atoms with Crippen molar-refractivity contribution in [3.63, 3.8) is 0 Å². The first-order chi connectivity index (χ1) is 43.9. The van der Waals surface area contributed by atoms with E-state index in [4.69, 9.17) is 44.8 Å².